The summed E-state index contributed by atoms with van der Waals surface area (Å²) in [6.07, 6.45) is 3.02. The quantitative estimate of drug-likeness (QED) is 0.149. The fourth-order valence-electron chi connectivity index (χ4n) is 2.54. The highest BCUT2D eigenvalue weighted by atomic mass is 127. The predicted octanol–water partition coefficient (Wildman–Crippen LogP) is 3.15. The third kappa shape index (κ3) is 10.6. The molecule has 0 radical (unpaired) electrons. The lowest BCUT2D eigenvalue weighted by molar-refractivity contribution is -0.143. The molecule has 0 unspecified atom stereocenters. The number of aryl methyl sites for hydroxylation is 1. The third-order valence-corrected chi connectivity index (χ3v) is 3.84. The molecule has 0 spiro atoms. The number of hydrogen-bond donors (Lipinski definition) is 2. The van der Waals surface area contributed by atoms with Gasteiger partial charge in [-0.15, -0.1) is 24.0 Å². The number of nitrogens with zero attached hydrogens (tertiary/aromatic N) is 1. The van der Waals surface area contributed by atoms with Gasteiger partial charge in [-0.25, -0.2) is 0 Å². The van der Waals surface area contributed by atoms with E-state index in [1.165, 1.54) is 5.56 Å². The number of guanidine groups is 1. The lowest BCUT2D eigenvalue weighted by Gasteiger charge is -2.13. The van der Waals surface area contributed by atoms with E-state index in [2.05, 4.69) is 21.7 Å². The Balaban J connectivity index is 0.00000729. The highest BCUT2D eigenvalue weighted by molar-refractivity contribution is 14.0. The maximum atomic E-state index is 11.3. The second-order valence-electron chi connectivity index (χ2n) is 5.86. The van der Waals surface area contributed by atoms with Crippen molar-refractivity contribution in [2.24, 2.45) is 4.99 Å². The Kier molecular flexibility index (Phi) is 15.3. The van der Waals surface area contributed by atoms with Crippen LogP contribution >= 0.6 is 24.0 Å². The molecule has 0 saturated carbocycles. The molecule has 1 aromatic rings. The van der Waals surface area contributed by atoms with Crippen LogP contribution in [-0.4, -0.2) is 52.4 Å². The van der Waals surface area contributed by atoms with E-state index in [0.29, 0.717) is 32.6 Å². The standard InChI is InChI=1S/C20H33N3O4.HI/c1-5-26-18-15-16(11-12-17(18)25-4)9-7-13-22-20(21-3)23-14-8-10-19(24)27-6-2;/h11-12,15H,5-10,13-14H2,1-4H3,(H2,21,22,23);1H. The summed E-state index contributed by atoms with van der Waals surface area (Å²) in [5, 5.41) is 6.48. The molecule has 0 bridgehead atoms. The molecule has 7 nitrogen and oxygen atoms in total. The second kappa shape index (κ2) is 16.3. The largest absolute Gasteiger partial charge is 0.493 e. The topological polar surface area (TPSA) is 81.2 Å². The first kappa shape index (κ1) is 26.3. The van der Waals surface area contributed by atoms with Crippen LogP contribution in [0.2, 0.25) is 0 Å². The Labute approximate surface area is 185 Å². The number of carbonyl (C=O) groups is 1. The highest BCUT2D eigenvalue weighted by Gasteiger charge is 2.06. The van der Waals surface area contributed by atoms with Crippen LogP contribution < -0.4 is 20.1 Å². The van der Waals surface area contributed by atoms with Crippen molar-refractivity contribution in [3.8, 4) is 11.5 Å². The van der Waals surface area contributed by atoms with Crippen molar-refractivity contribution in [1.82, 2.24) is 10.6 Å². The average Bonchev–Trinajstić information content (AvgIpc) is 2.67. The first-order chi connectivity index (χ1) is 13.1. The number of rotatable bonds is 12. The molecule has 0 saturated heterocycles. The van der Waals surface area contributed by atoms with Gasteiger partial charge in [0.2, 0.25) is 0 Å². The molecule has 8 heteroatoms. The molecule has 0 aliphatic carbocycles. The van der Waals surface area contributed by atoms with Gasteiger partial charge in [-0.05, 0) is 50.8 Å². The molecule has 28 heavy (non-hydrogen) atoms. The molecular formula is C20H34IN3O4. The summed E-state index contributed by atoms with van der Waals surface area (Å²) in [7, 11) is 3.38. The van der Waals surface area contributed by atoms with Crippen molar-refractivity contribution in [2.45, 2.75) is 39.5 Å². The lowest BCUT2D eigenvalue weighted by atomic mass is 10.1. The van der Waals surface area contributed by atoms with Crippen molar-refractivity contribution in [3.63, 3.8) is 0 Å². The van der Waals surface area contributed by atoms with E-state index in [-0.39, 0.29) is 29.9 Å². The van der Waals surface area contributed by atoms with Gasteiger partial charge in [-0.1, -0.05) is 6.07 Å². The molecule has 2 N–H and O–H groups in total. The van der Waals surface area contributed by atoms with Crippen molar-refractivity contribution in [2.75, 3.05) is 40.5 Å². The Morgan fingerprint density at radius 3 is 2.39 bits per heavy atom. The van der Waals surface area contributed by atoms with E-state index >= 15 is 0 Å². The summed E-state index contributed by atoms with van der Waals surface area (Å²) in [6, 6.07) is 6.03. The number of aliphatic imine (C=N–C) groups is 1. The van der Waals surface area contributed by atoms with Crippen molar-refractivity contribution < 1.29 is 19.0 Å². The van der Waals surface area contributed by atoms with Crippen LogP contribution in [0.15, 0.2) is 23.2 Å². The molecule has 0 fully saturated rings. The molecule has 160 valence electrons. The zero-order valence-corrected chi connectivity index (χ0v) is 19.7. The van der Waals surface area contributed by atoms with E-state index in [1.807, 2.05) is 26.0 Å². The van der Waals surface area contributed by atoms with E-state index in [1.54, 1.807) is 14.2 Å². The summed E-state index contributed by atoms with van der Waals surface area (Å²) < 4.78 is 15.8. The van der Waals surface area contributed by atoms with Gasteiger partial charge in [0.1, 0.15) is 0 Å². The molecule has 1 rings (SSSR count). The molecule has 0 amide bonds. The number of nitrogens with one attached hydrogen (secondary N) is 2. The SMILES string of the molecule is CCOC(=O)CCCNC(=NC)NCCCc1ccc(OC)c(OCC)c1.I. The number of ether oxygens (including phenoxy) is 3. The minimum Gasteiger partial charge on any atom is -0.493 e. The molecule has 0 aliphatic rings. The Morgan fingerprint density at radius 1 is 1.07 bits per heavy atom. The first-order valence-corrected chi connectivity index (χ1v) is 9.54. The van der Waals surface area contributed by atoms with E-state index < -0.39 is 0 Å². The third-order valence-electron chi connectivity index (χ3n) is 3.84. The maximum absolute atomic E-state index is 11.3. The van der Waals surface area contributed by atoms with Gasteiger partial charge < -0.3 is 24.8 Å². The minimum absolute atomic E-state index is 0. The molecular weight excluding hydrogens is 473 g/mol. The summed E-state index contributed by atoms with van der Waals surface area (Å²) in [5.74, 6) is 2.12. The van der Waals surface area contributed by atoms with Crippen molar-refractivity contribution in [1.29, 1.82) is 0 Å². The number of hydrogen-bond acceptors (Lipinski definition) is 5. The monoisotopic (exact) mass is 507 g/mol. The van der Waals surface area contributed by atoms with Crippen LogP contribution in [0.25, 0.3) is 0 Å². The Morgan fingerprint density at radius 2 is 1.79 bits per heavy atom. The molecule has 0 aliphatic heterocycles. The Hall–Kier alpha value is -1.71. The molecule has 0 aromatic heterocycles. The lowest BCUT2D eigenvalue weighted by Crippen LogP contribution is -2.38. The van der Waals surface area contributed by atoms with Crippen LogP contribution in [0.3, 0.4) is 0 Å². The number of methoxy groups -OCH3 is 1. The maximum Gasteiger partial charge on any atom is 0.305 e. The van der Waals surface area contributed by atoms with Gasteiger partial charge in [0.05, 0.1) is 20.3 Å². The number of halogens is 1. The summed E-state index contributed by atoms with van der Waals surface area (Å²) in [6.45, 7) is 6.28. The van der Waals surface area contributed by atoms with Gasteiger partial charge in [0.15, 0.2) is 17.5 Å². The number of esters is 1. The predicted molar refractivity (Wildman–Crippen MR) is 123 cm³/mol. The van der Waals surface area contributed by atoms with Gasteiger partial charge >= 0.3 is 5.97 Å². The van der Waals surface area contributed by atoms with Crippen LogP contribution in [0, 0.1) is 0 Å². The molecule has 0 atom stereocenters. The van der Waals surface area contributed by atoms with Gasteiger partial charge in [0.25, 0.3) is 0 Å². The highest BCUT2D eigenvalue weighted by Crippen LogP contribution is 2.28. The summed E-state index contributed by atoms with van der Waals surface area (Å²) in [4.78, 5) is 15.5. The zero-order valence-electron chi connectivity index (χ0n) is 17.4. The summed E-state index contributed by atoms with van der Waals surface area (Å²) >= 11 is 0. The molecule has 1 aromatic carbocycles. The number of carbonyl (C=O) groups excluding carboxylic acids is 1. The van der Waals surface area contributed by atoms with Crippen LogP contribution in [0.5, 0.6) is 11.5 Å². The van der Waals surface area contributed by atoms with Gasteiger partial charge in [-0.3, -0.25) is 9.79 Å². The molecule has 0 heterocycles. The van der Waals surface area contributed by atoms with E-state index in [0.717, 1.165) is 36.8 Å². The minimum atomic E-state index is -0.159. The normalized spacial score (nSPS) is 10.6. The van der Waals surface area contributed by atoms with Crippen molar-refractivity contribution >= 4 is 35.9 Å². The smallest absolute Gasteiger partial charge is 0.305 e. The van der Waals surface area contributed by atoms with E-state index in [4.69, 9.17) is 14.2 Å². The van der Waals surface area contributed by atoms with Crippen LogP contribution in [-0.2, 0) is 16.0 Å². The first-order valence-electron chi connectivity index (χ1n) is 9.54. The van der Waals surface area contributed by atoms with Crippen LogP contribution in [0.1, 0.15) is 38.7 Å². The average molecular weight is 507 g/mol. The van der Waals surface area contributed by atoms with Gasteiger partial charge in [-0.2, -0.15) is 0 Å². The van der Waals surface area contributed by atoms with Gasteiger partial charge in [0, 0.05) is 26.6 Å². The fourth-order valence-corrected chi connectivity index (χ4v) is 2.54. The van der Waals surface area contributed by atoms with Crippen LogP contribution in [0.4, 0.5) is 0 Å². The van der Waals surface area contributed by atoms with Crippen molar-refractivity contribution in [3.05, 3.63) is 23.8 Å². The Bertz CT molecular complexity index is 597. The fraction of sp³-hybridized carbons (Fsp3) is 0.600. The number of benzene rings is 1. The summed E-state index contributed by atoms with van der Waals surface area (Å²) in [5.41, 5.74) is 1.21. The van der Waals surface area contributed by atoms with E-state index in [9.17, 15) is 4.79 Å². The zero-order chi connectivity index (χ0) is 19.9. The second-order valence-corrected chi connectivity index (χ2v) is 5.86.